The Hall–Kier alpha value is -2.14. The van der Waals surface area contributed by atoms with E-state index in [1.165, 1.54) is 0 Å². The van der Waals surface area contributed by atoms with Crippen molar-refractivity contribution in [2.75, 3.05) is 6.61 Å². The Balaban J connectivity index is 1.94. The molecule has 4 nitrogen and oxygen atoms in total. The van der Waals surface area contributed by atoms with Crippen LogP contribution in [0, 0.1) is 13.8 Å². The highest BCUT2D eigenvalue weighted by molar-refractivity contribution is 9.10. The average Bonchev–Trinajstić information content (AvgIpc) is 2.61. The van der Waals surface area contributed by atoms with Crippen molar-refractivity contribution in [1.29, 1.82) is 0 Å². The molecule has 0 radical (unpaired) electrons. The van der Waals surface area contributed by atoms with Crippen LogP contribution in [0.15, 0.2) is 46.9 Å². The quantitative estimate of drug-likeness (QED) is 0.722. The minimum Gasteiger partial charge on any atom is -0.452 e. The summed E-state index contributed by atoms with van der Waals surface area (Å²) in [5.41, 5.74) is 3.39. The second kappa shape index (κ2) is 8.81. The van der Waals surface area contributed by atoms with Gasteiger partial charge in [-0.15, -0.1) is 0 Å². The highest BCUT2D eigenvalue weighted by Crippen LogP contribution is 2.19. The molecule has 0 aliphatic rings. The Kier molecular flexibility index (Phi) is 6.76. The lowest BCUT2D eigenvalue weighted by Gasteiger charge is -2.17. The van der Waals surface area contributed by atoms with Crippen LogP contribution in [-0.4, -0.2) is 18.5 Å². The van der Waals surface area contributed by atoms with Crippen molar-refractivity contribution in [2.45, 2.75) is 33.2 Å². The highest BCUT2D eigenvalue weighted by Gasteiger charge is 2.16. The number of amides is 1. The first kappa shape index (κ1) is 19.2. The Morgan fingerprint density at radius 2 is 1.80 bits per heavy atom. The number of esters is 1. The zero-order valence-corrected chi connectivity index (χ0v) is 16.2. The molecule has 0 bridgehead atoms. The van der Waals surface area contributed by atoms with Crippen LogP contribution in [0.3, 0.4) is 0 Å². The summed E-state index contributed by atoms with van der Waals surface area (Å²) in [7, 11) is 0. The van der Waals surface area contributed by atoms with Gasteiger partial charge in [0.25, 0.3) is 5.91 Å². The zero-order chi connectivity index (χ0) is 18.4. The third-order valence-corrected chi connectivity index (χ3v) is 4.70. The van der Waals surface area contributed by atoms with Gasteiger partial charge in [-0.25, -0.2) is 4.79 Å². The molecular weight excluding hydrogens is 382 g/mol. The molecule has 0 heterocycles. The smallest absolute Gasteiger partial charge is 0.338 e. The van der Waals surface area contributed by atoms with E-state index in [1.54, 1.807) is 12.1 Å². The van der Waals surface area contributed by atoms with Crippen molar-refractivity contribution in [2.24, 2.45) is 0 Å². The first-order valence-electron chi connectivity index (χ1n) is 8.20. The predicted molar refractivity (Wildman–Crippen MR) is 102 cm³/mol. The van der Waals surface area contributed by atoms with Crippen LogP contribution in [0.5, 0.6) is 0 Å². The Morgan fingerprint density at radius 3 is 2.44 bits per heavy atom. The van der Waals surface area contributed by atoms with Gasteiger partial charge in [-0.3, -0.25) is 4.79 Å². The van der Waals surface area contributed by atoms with Crippen LogP contribution in [0.2, 0.25) is 0 Å². The van der Waals surface area contributed by atoms with Gasteiger partial charge < -0.3 is 10.1 Å². The third kappa shape index (κ3) is 5.16. The lowest BCUT2D eigenvalue weighted by molar-refractivity contribution is -0.125. The fourth-order valence-electron chi connectivity index (χ4n) is 2.53. The fraction of sp³-hybridized carbons (Fsp3) is 0.300. The molecule has 25 heavy (non-hydrogen) atoms. The van der Waals surface area contributed by atoms with Crippen LogP contribution < -0.4 is 5.32 Å². The molecule has 1 amide bonds. The lowest BCUT2D eigenvalue weighted by atomic mass is 10.0. The number of rotatable bonds is 6. The number of carbonyl (C=O) groups excluding carboxylic acids is 2. The summed E-state index contributed by atoms with van der Waals surface area (Å²) in [5, 5.41) is 2.90. The molecule has 2 aromatic rings. The minimum atomic E-state index is -0.479. The molecule has 2 rings (SSSR count). The number of aryl methyl sites for hydroxylation is 1. The molecule has 0 spiro atoms. The first-order chi connectivity index (χ1) is 11.9. The molecule has 0 saturated carbocycles. The summed E-state index contributed by atoms with van der Waals surface area (Å²) in [6.07, 6.45) is 0.748. The number of carbonyl (C=O) groups is 2. The van der Waals surface area contributed by atoms with E-state index in [-0.39, 0.29) is 18.6 Å². The van der Waals surface area contributed by atoms with E-state index < -0.39 is 5.97 Å². The maximum absolute atomic E-state index is 12.2. The summed E-state index contributed by atoms with van der Waals surface area (Å²) in [4.78, 5) is 24.3. The summed E-state index contributed by atoms with van der Waals surface area (Å²) in [5.74, 6) is -0.790. The summed E-state index contributed by atoms with van der Waals surface area (Å²) >= 11 is 3.40. The van der Waals surface area contributed by atoms with E-state index in [4.69, 9.17) is 4.74 Å². The maximum atomic E-state index is 12.2. The van der Waals surface area contributed by atoms with E-state index in [0.717, 1.165) is 27.6 Å². The normalized spacial score (nSPS) is 11.7. The van der Waals surface area contributed by atoms with Gasteiger partial charge in [0.1, 0.15) is 0 Å². The van der Waals surface area contributed by atoms with Crippen LogP contribution in [0.25, 0.3) is 0 Å². The second-order valence-corrected chi connectivity index (χ2v) is 6.82. The molecule has 0 aliphatic carbocycles. The van der Waals surface area contributed by atoms with E-state index in [0.29, 0.717) is 5.56 Å². The number of halogens is 1. The van der Waals surface area contributed by atoms with Crippen LogP contribution >= 0.6 is 15.9 Å². The summed E-state index contributed by atoms with van der Waals surface area (Å²) in [6, 6.07) is 13.1. The van der Waals surface area contributed by atoms with Gasteiger partial charge in [0.15, 0.2) is 6.61 Å². The van der Waals surface area contributed by atoms with Crippen molar-refractivity contribution >= 4 is 27.8 Å². The number of hydrogen-bond donors (Lipinski definition) is 1. The summed E-state index contributed by atoms with van der Waals surface area (Å²) in [6.45, 7) is 5.50. The van der Waals surface area contributed by atoms with Crippen molar-refractivity contribution < 1.29 is 14.3 Å². The first-order valence-corrected chi connectivity index (χ1v) is 8.99. The van der Waals surface area contributed by atoms with Crippen molar-refractivity contribution in [3.63, 3.8) is 0 Å². The highest BCUT2D eigenvalue weighted by atomic mass is 79.9. The molecule has 0 unspecified atom stereocenters. The topological polar surface area (TPSA) is 55.4 Å². The van der Waals surface area contributed by atoms with Gasteiger partial charge in [0.05, 0.1) is 11.6 Å². The predicted octanol–water partition coefficient (Wildman–Crippen LogP) is 4.49. The van der Waals surface area contributed by atoms with Gasteiger partial charge in [-0.2, -0.15) is 0 Å². The summed E-state index contributed by atoms with van der Waals surface area (Å²) < 4.78 is 6.15. The molecule has 0 aromatic heterocycles. The van der Waals surface area contributed by atoms with E-state index in [2.05, 4.69) is 21.2 Å². The number of hydrogen-bond acceptors (Lipinski definition) is 3. The van der Waals surface area contributed by atoms with Crippen molar-refractivity contribution in [3.8, 4) is 0 Å². The van der Waals surface area contributed by atoms with Gasteiger partial charge >= 0.3 is 5.97 Å². The van der Waals surface area contributed by atoms with E-state index in [9.17, 15) is 9.59 Å². The SMILES string of the molecule is CC[C@@H](NC(=O)COC(=O)c1cccc(C)c1C)c1ccc(Br)cc1. The van der Waals surface area contributed by atoms with Gasteiger partial charge in [-0.05, 0) is 55.2 Å². The van der Waals surface area contributed by atoms with Gasteiger partial charge in [-0.1, -0.05) is 47.1 Å². The molecule has 0 aliphatic heterocycles. The van der Waals surface area contributed by atoms with Crippen LogP contribution in [0.4, 0.5) is 0 Å². The largest absolute Gasteiger partial charge is 0.452 e. The maximum Gasteiger partial charge on any atom is 0.338 e. The number of benzene rings is 2. The van der Waals surface area contributed by atoms with E-state index in [1.807, 2.05) is 51.1 Å². The minimum absolute atomic E-state index is 0.111. The Morgan fingerprint density at radius 1 is 1.12 bits per heavy atom. The standard InChI is InChI=1S/C20H22BrNO3/c1-4-18(15-8-10-16(21)11-9-15)22-19(23)12-25-20(24)17-7-5-6-13(2)14(17)3/h5-11,18H,4,12H2,1-3H3,(H,22,23)/t18-/m1/s1. The van der Waals surface area contributed by atoms with Gasteiger partial charge in [0, 0.05) is 4.47 Å². The monoisotopic (exact) mass is 403 g/mol. The lowest BCUT2D eigenvalue weighted by Crippen LogP contribution is -2.32. The van der Waals surface area contributed by atoms with Crippen molar-refractivity contribution in [3.05, 3.63) is 69.2 Å². The molecular formula is C20H22BrNO3. The third-order valence-electron chi connectivity index (χ3n) is 4.17. The zero-order valence-electron chi connectivity index (χ0n) is 14.6. The molecule has 0 saturated heterocycles. The molecule has 132 valence electrons. The Labute approximate surface area is 156 Å². The van der Waals surface area contributed by atoms with Crippen LogP contribution in [-0.2, 0) is 9.53 Å². The average molecular weight is 404 g/mol. The van der Waals surface area contributed by atoms with Crippen LogP contribution in [0.1, 0.15) is 46.4 Å². The molecule has 2 aromatic carbocycles. The second-order valence-electron chi connectivity index (χ2n) is 5.90. The molecule has 0 fully saturated rings. The Bertz CT molecular complexity index is 756. The molecule has 5 heteroatoms. The molecule has 1 N–H and O–H groups in total. The van der Waals surface area contributed by atoms with E-state index >= 15 is 0 Å². The van der Waals surface area contributed by atoms with Gasteiger partial charge in [0.2, 0.25) is 0 Å². The fourth-order valence-corrected chi connectivity index (χ4v) is 2.80. The molecule has 1 atom stereocenters. The van der Waals surface area contributed by atoms with Crippen molar-refractivity contribution in [1.82, 2.24) is 5.32 Å². The number of ether oxygens (including phenoxy) is 1. The number of nitrogens with one attached hydrogen (secondary N) is 1.